The van der Waals surface area contributed by atoms with Crippen molar-refractivity contribution in [2.24, 2.45) is 10.9 Å². The zero-order valence-electron chi connectivity index (χ0n) is 15.1. The predicted molar refractivity (Wildman–Crippen MR) is 107 cm³/mol. The van der Waals surface area contributed by atoms with Gasteiger partial charge in [-0.3, -0.25) is 0 Å². The first-order valence-electron chi connectivity index (χ1n) is 9.50. The highest BCUT2D eigenvalue weighted by Crippen LogP contribution is 2.19. The van der Waals surface area contributed by atoms with Crippen LogP contribution in [0.25, 0.3) is 0 Å². The molecule has 0 bridgehead atoms. The fraction of sp³-hybridized carbons (Fsp3) is 0.632. The first-order chi connectivity index (χ1) is 12.5. The lowest BCUT2D eigenvalue weighted by atomic mass is 9.96. The lowest BCUT2D eigenvalue weighted by molar-refractivity contribution is 0.408. The molecule has 26 heavy (non-hydrogen) atoms. The third-order valence-corrected chi connectivity index (χ3v) is 7.25. The second kappa shape index (κ2) is 9.09. The maximum absolute atomic E-state index is 11.7. The third-order valence-electron chi connectivity index (χ3n) is 5.16. The minimum Gasteiger partial charge on any atom is -0.356 e. The van der Waals surface area contributed by atoms with Crippen LogP contribution in [0, 0.1) is 5.92 Å². The summed E-state index contributed by atoms with van der Waals surface area (Å²) in [5.41, 5.74) is 1.10. The molecule has 0 amide bonds. The number of aliphatic imine (C=N–C) groups is 1. The Morgan fingerprint density at radius 1 is 1.12 bits per heavy atom. The lowest BCUT2D eigenvalue weighted by Gasteiger charge is -2.25. The Balaban J connectivity index is 1.60. The molecule has 1 saturated carbocycles. The number of rotatable bonds is 5. The van der Waals surface area contributed by atoms with Crippen molar-refractivity contribution in [3.63, 3.8) is 0 Å². The standard InChI is InChI=1S/C19H28ClN3O2S/c20-17-8-6-15(7-9-17)12-21-19(23-18-4-2-1-3-5-18)22-13-16-10-11-26(24,25)14-16/h6-9,16,18H,1-5,10-14H2,(H2,21,22,23). The average molecular weight is 398 g/mol. The van der Waals surface area contributed by atoms with E-state index in [1.807, 2.05) is 24.3 Å². The van der Waals surface area contributed by atoms with Gasteiger partial charge < -0.3 is 10.6 Å². The van der Waals surface area contributed by atoms with Crippen molar-refractivity contribution in [3.05, 3.63) is 34.9 Å². The Morgan fingerprint density at radius 3 is 2.50 bits per heavy atom. The molecule has 5 nitrogen and oxygen atoms in total. The molecule has 2 N–H and O–H groups in total. The molecule has 0 spiro atoms. The molecule has 1 aromatic carbocycles. The van der Waals surface area contributed by atoms with Gasteiger partial charge >= 0.3 is 0 Å². The molecular weight excluding hydrogens is 370 g/mol. The Kier molecular flexibility index (Phi) is 6.81. The normalized spacial score (nSPS) is 23.7. The third kappa shape index (κ3) is 6.16. The summed E-state index contributed by atoms with van der Waals surface area (Å²) >= 11 is 5.94. The van der Waals surface area contributed by atoms with Crippen molar-refractivity contribution in [3.8, 4) is 0 Å². The number of hydrogen-bond acceptors (Lipinski definition) is 3. The van der Waals surface area contributed by atoms with E-state index < -0.39 is 9.84 Å². The van der Waals surface area contributed by atoms with E-state index in [2.05, 4.69) is 10.6 Å². The van der Waals surface area contributed by atoms with Crippen molar-refractivity contribution < 1.29 is 8.42 Å². The molecule has 0 aromatic heterocycles. The second-order valence-corrected chi connectivity index (χ2v) is 10.1. The van der Waals surface area contributed by atoms with Crippen LogP contribution in [0.5, 0.6) is 0 Å². The van der Waals surface area contributed by atoms with E-state index in [1.54, 1.807) is 0 Å². The van der Waals surface area contributed by atoms with Gasteiger partial charge in [-0.1, -0.05) is 43.0 Å². The minimum absolute atomic E-state index is 0.175. The number of halogens is 1. The molecule has 3 rings (SSSR count). The first kappa shape index (κ1) is 19.5. The van der Waals surface area contributed by atoms with Crippen LogP contribution in [-0.4, -0.2) is 38.5 Å². The van der Waals surface area contributed by atoms with E-state index in [4.69, 9.17) is 16.6 Å². The van der Waals surface area contributed by atoms with Crippen molar-refractivity contribution in [1.29, 1.82) is 0 Å². The fourth-order valence-corrected chi connectivity index (χ4v) is 5.61. The van der Waals surface area contributed by atoms with Gasteiger partial charge in [0.2, 0.25) is 0 Å². The summed E-state index contributed by atoms with van der Waals surface area (Å²) in [4.78, 5) is 4.72. The van der Waals surface area contributed by atoms with Crippen molar-refractivity contribution >= 4 is 27.4 Å². The summed E-state index contributed by atoms with van der Waals surface area (Å²) in [6, 6.07) is 8.16. The number of nitrogens with one attached hydrogen (secondary N) is 2. The molecule has 2 fully saturated rings. The van der Waals surface area contributed by atoms with E-state index >= 15 is 0 Å². The predicted octanol–water partition coefficient (Wildman–Crippen LogP) is 3.14. The number of guanidine groups is 1. The summed E-state index contributed by atoms with van der Waals surface area (Å²) in [6.07, 6.45) is 6.89. The monoisotopic (exact) mass is 397 g/mol. The Bertz CT molecular complexity index is 713. The summed E-state index contributed by atoms with van der Waals surface area (Å²) in [5, 5.41) is 7.64. The van der Waals surface area contributed by atoms with E-state index in [1.165, 1.54) is 32.1 Å². The highest BCUT2D eigenvalue weighted by atomic mass is 35.5. The molecule has 1 atom stereocenters. The molecule has 2 aliphatic rings. The molecule has 1 heterocycles. The SMILES string of the molecule is O=S1(=O)CCC(CNC(=NCc2ccc(Cl)cc2)NC2CCCCC2)C1. The van der Waals surface area contributed by atoms with Crippen LogP contribution in [0.3, 0.4) is 0 Å². The number of nitrogens with zero attached hydrogens (tertiary/aromatic N) is 1. The number of hydrogen-bond donors (Lipinski definition) is 2. The Morgan fingerprint density at radius 2 is 1.85 bits per heavy atom. The van der Waals surface area contributed by atoms with Gasteiger partial charge in [0, 0.05) is 17.6 Å². The van der Waals surface area contributed by atoms with Gasteiger partial charge in [-0.2, -0.15) is 0 Å². The van der Waals surface area contributed by atoms with Crippen molar-refractivity contribution in [1.82, 2.24) is 10.6 Å². The van der Waals surface area contributed by atoms with E-state index in [-0.39, 0.29) is 11.7 Å². The van der Waals surface area contributed by atoms with Crippen LogP contribution in [0.1, 0.15) is 44.1 Å². The fourth-order valence-electron chi connectivity index (χ4n) is 3.63. The van der Waals surface area contributed by atoms with Crippen LogP contribution in [0.15, 0.2) is 29.3 Å². The van der Waals surface area contributed by atoms with E-state index in [0.29, 0.717) is 24.9 Å². The Labute approximate surface area is 161 Å². The van der Waals surface area contributed by atoms with Crippen LogP contribution in [0.4, 0.5) is 0 Å². The lowest BCUT2D eigenvalue weighted by Crippen LogP contribution is -2.45. The van der Waals surface area contributed by atoms with Gasteiger partial charge in [0.25, 0.3) is 0 Å². The molecule has 1 aliphatic heterocycles. The van der Waals surface area contributed by atoms with E-state index in [9.17, 15) is 8.42 Å². The largest absolute Gasteiger partial charge is 0.356 e. The molecular formula is C19H28ClN3O2S. The number of benzene rings is 1. The maximum atomic E-state index is 11.7. The van der Waals surface area contributed by atoms with Gasteiger partial charge in [-0.15, -0.1) is 0 Å². The second-order valence-electron chi connectivity index (χ2n) is 7.42. The van der Waals surface area contributed by atoms with Gasteiger partial charge in [0.05, 0.1) is 18.1 Å². The average Bonchev–Trinajstić information content (AvgIpc) is 2.98. The van der Waals surface area contributed by atoms with Crippen LogP contribution >= 0.6 is 11.6 Å². The van der Waals surface area contributed by atoms with Gasteiger partial charge in [0.1, 0.15) is 0 Å². The molecule has 1 unspecified atom stereocenters. The molecule has 1 saturated heterocycles. The van der Waals surface area contributed by atoms with Gasteiger partial charge in [0.15, 0.2) is 15.8 Å². The Hall–Kier alpha value is -1.27. The van der Waals surface area contributed by atoms with Crippen LogP contribution < -0.4 is 10.6 Å². The summed E-state index contributed by atoms with van der Waals surface area (Å²) in [5.74, 6) is 1.56. The minimum atomic E-state index is -2.84. The summed E-state index contributed by atoms with van der Waals surface area (Å²) < 4.78 is 23.3. The molecule has 0 radical (unpaired) electrons. The first-order valence-corrected chi connectivity index (χ1v) is 11.7. The quantitative estimate of drug-likeness (QED) is 0.591. The van der Waals surface area contributed by atoms with E-state index in [0.717, 1.165) is 23.0 Å². The highest BCUT2D eigenvalue weighted by Gasteiger charge is 2.28. The molecule has 1 aromatic rings. The molecule has 7 heteroatoms. The molecule has 1 aliphatic carbocycles. The maximum Gasteiger partial charge on any atom is 0.191 e. The topological polar surface area (TPSA) is 70.6 Å². The zero-order chi connectivity index (χ0) is 18.4. The smallest absolute Gasteiger partial charge is 0.191 e. The zero-order valence-corrected chi connectivity index (χ0v) is 16.7. The molecule has 144 valence electrons. The van der Waals surface area contributed by atoms with Crippen molar-refractivity contribution in [2.45, 2.75) is 51.1 Å². The number of sulfone groups is 1. The van der Waals surface area contributed by atoms with Gasteiger partial charge in [-0.25, -0.2) is 13.4 Å². The summed E-state index contributed by atoms with van der Waals surface area (Å²) in [6.45, 7) is 1.22. The van der Waals surface area contributed by atoms with Gasteiger partial charge in [-0.05, 0) is 42.9 Å². The van der Waals surface area contributed by atoms with Crippen LogP contribution in [0.2, 0.25) is 5.02 Å². The summed E-state index contributed by atoms with van der Waals surface area (Å²) in [7, 11) is -2.84. The highest BCUT2D eigenvalue weighted by molar-refractivity contribution is 7.91. The van der Waals surface area contributed by atoms with Crippen LogP contribution in [-0.2, 0) is 16.4 Å². The van der Waals surface area contributed by atoms with Crippen molar-refractivity contribution in [2.75, 3.05) is 18.1 Å².